The molecule has 1 N–H and O–H groups in total. The second-order valence-corrected chi connectivity index (χ2v) is 5.12. The number of aryl methyl sites for hydroxylation is 1. The zero-order chi connectivity index (χ0) is 11.6. The normalized spacial score (nSPS) is 21.2. The van der Waals surface area contributed by atoms with E-state index in [4.69, 9.17) is 0 Å². The Bertz CT molecular complexity index is 339. The Hall–Kier alpha value is -0.830. The lowest BCUT2D eigenvalue weighted by Crippen LogP contribution is -2.33. The van der Waals surface area contributed by atoms with Crippen molar-refractivity contribution in [1.82, 2.24) is 9.78 Å². The van der Waals surface area contributed by atoms with Gasteiger partial charge >= 0.3 is 0 Å². The lowest BCUT2D eigenvalue weighted by atomic mass is 9.76. The molecule has 1 saturated carbocycles. The molecule has 2 rings (SSSR count). The Balaban J connectivity index is 2.03. The van der Waals surface area contributed by atoms with Gasteiger partial charge in [0.25, 0.3) is 0 Å². The molecule has 1 aliphatic carbocycles. The monoisotopic (exact) mass is 222 g/mol. The average molecular weight is 222 g/mol. The molecule has 0 aliphatic heterocycles. The van der Waals surface area contributed by atoms with Crippen molar-refractivity contribution in [1.29, 1.82) is 0 Å². The molecule has 1 fully saturated rings. The minimum Gasteiger partial charge on any atom is -0.392 e. The molecule has 3 heteroatoms. The lowest BCUT2D eigenvalue weighted by Gasteiger charge is -2.32. The molecular formula is C13H22N2O. The van der Waals surface area contributed by atoms with Crippen LogP contribution in [0.5, 0.6) is 0 Å². The van der Waals surface area contributed by atoms with Gasteiger partial charge in [0.15, 0.2) is 0 Å². The quantitative estimate of drug-likeness (QED) is 0.849. The number of hydrogen-bond acceptors (Lipinski definition) is 2. The Morgan fingerprint density at radius 1 is 1.50 bits per heavy atom. The van der Waals surface area contributed by atoms with Gasteiger partial charge in [0, 0.05) is 19.7 Å². The van der Waals surface area contributed by atoms with Crippen molar-refractivity contribution >= 4 is 0 Å². The van der Waals surface area contributed by atoms with Crippen LogP contribution in [0.3, 0.4) is 0 Å². The second-order valence-electron chi connectivity index (χ2n) is 5.12. The van der Waals surface area contributed by atoms with Gasteiger partial charge < -0.3 is 5.11 Å². The van der Waals surface area contributed by atoms with Crippen LogP contribution in [0.25, 0.3) is 0 Å². The van der Waals surface area contributed by atoms with E-state index in [-0.39, 0.29) is 11.5 Å². The van der Waals surface area contributed by atoms with Crippen molar-refractivity contribution in [3.8, 4) is 0 Å². The smallest absolute Gasteiger partial charge is 0.0652 e. The van der Waals surface area contributed by atoms with Crippen LogP contribution in [0.15, 0.2) is 12.3 Å². The first-order valence-electron chi connectivity index (χ1n) is 6.33. The molecule has 1 unspecified atom stereocenters. The molecule has 16 heavy (non-hydrogen) atoms. The van der Waals surface area contributed by atoms with Gasteiger partial charge in [-0.05, 0) is 30.7 Å². The largest absolute Gasteiger partial charge is 0.392 e. The number of rotatable bonds is 4. The summed E-state index contributed by atoms with van der Waals surface area (Å²) in [7, 11) is 1.92. The predicted molar refractivity (Wildman–Crippen MR) is 64.1 cm³/mol. The first-order chi connectivity index (χ1) is 7.66. The minimum absolute atomic E-state index is 0.164. The molecule has 1 heterocycles. The molecule has 0 saturated heterocycles. The van der Waals surface area contributed by atoms with Gasteiger partial charge in [0.2, 0.25) is 0 Å². The fourth-order valence-electron chi connectivity index (χ4n) is 2.99. The highest BCUT2D eigenvalue weighted by atomic mass is 16.3. The highest BCUT2D eigenvalue weighted by Crippen LogP contribution is 2.44. The minimum atomic E-state index is -0.227. The third-order valence-electron chi connectivity index (χ3n) is 4.18. The molecule has 1 aromatic rings. The van der Waals surface area contributed by atoms with Gasteiger partial charge in [0.1, 0.15) is 0 Å². The molecule has 1 aliphatic rings. The van der Waals surface area contributed by atoms with Crippen LogP contribution in [-0.4, -0.2) is 21.0 Å². The van der Waals surface area contributed by atoms with Gasteiger partial charge in [-0.25, -0.2) is 0 Å². The maximum absolute atomic E-state index is 10.4. The number of aromatic nitrogens is 2. The third-order valence-corrected chi connectivity index (χ3v) is 4.18. The molecule has 90 valence electrons. The maximum Gasteiger partial charge on any atom is 0.0652 e. The van der Waals surface area contributed by atoms with Gasteiger partial charge in [-0.2, -0.15) is 5.10 Å². The van der Waals surface area contributed by atoms with Gasteiger partial charge in [-0.3, -0.25) is 4.68 Å². The number of aliphatic hydroxyl groups excluding tert-OH is 1. The molecule has 0 radical (unpaired) electrons. The number of nitrogens with zero attached hydrogens (tertiary/aromatic N) is 2. The van der Waals surface area contributed by atoms with E-state index in [1.807, 2.05) is 19.3 Å². The van der Waals surface area contributed by atoms with Gasteiger partial charge in [-0.1, -0.05) is 19.8 Å². The van der Waals surface area contributed by atoms with E-state index in [0.717, 1.165) is 12.1 Å². The molecule has 1 atom stereocenters. The van der Waals surface area contributed by atoms with Crippen LogP contribution in [0, 0.1) is 5.41 Å². The van der Waals surface area contributed by atoms with Crippen molar-refractivity contribution in [2.24, 2.45) is 12.5 Å². The molecular weight excluding hydrogens is 200 g/mol. The zero-order valence-corrected chi connectivity index (χ0v) is 10.3. The number of aliphatic hydroxyl groups is 1. The van der Waals surface area contributed by atoms with Gasteiger partial charge in [-0.15, -0.1) is 0 Å². The summed E-state index contributed by atoms with van der Waals surface area (Å²) in [5.74, 6) is 0. The van der Waals surface area contributed by atoms with Crippen LogP contribution in [-0.2, 0) is 13.5 Å². The molecule has 1 aromatic heterocycles. The zero-order valence-electron chi connectivity index (χ0n) is 10.3. The van der Waals surface area contributed by atoms with E-state index >= 15 is 0 Å². The molecule has 0 aromatic carbocycles. The topological polar surface area (TPSA) is 38.0 Å². The van der Waals surface area contributed by atoms with Crippen LogP contribution < -0.4 is 0 Å². The highest BCUT2D eigenvalue weighted by Gasteiger charge is 2.38. The molecule has 0 amide bonds. The Morgan fingerprint density at radius 2 is 2.19 bits per heavy atom. The molecule has 3 nitrogen and oxygen atoms in total. The van der Waals surface area contributed by atoms with E-state index in [2.05, 4.69) is 12.0 Å². The fraction of sp³-hybridized carbons (Fsp3) is 0.769. The second kappa shape index (κ2) is 4.58. The summed E-state index contributed by atoms with van der Waals surface area (Å²) >= 11 is 0. The predicted octanol–water partition coefficient (Wildman–Crippen LogP) is 2.29. The summed E-state index contributed by atoms with van der Waals surface area (Å²) in [6.07, 6.45) is 8.40. The fourth-order valence-corrected chi connectivity index (χ4v) is 2.99. The highest BCUT2D eigenvalue weighted by molar-refractivity contribution is 5.03. The number of hydrogen-bond donors (Lipinski definition) is 1. The first kappa shape index (κ1) is 11.6. The molecule has 0 bridgehead atoms. The summed E-state index contributed by atoms with van der Waals surface area (Å²) in [6, 6.07) is 2.00. The summed E-state index contributed by atoms with van der Waals surface area (Å²) in [5, 5.41) is 14.8. The maximum atomic E-state index is 10.4. The van der Waals surface area contributed by atoms with Crippen LogP contribution >= 0.6 is 0 Å². The van der Waals surface area contributed by atoms with E-state index in [1.54, 1.807) is 4.68 Å². The summed E-state index contributed by atoms with van der Waals surface area (Å²) in [6.45, 7) is 2.20. The van der Waals surface area contributed by atoms with E-state index in [9.17, 15) is 5.11 Å². The first-order valence-corrected chi connectivity index (χ1v) is 6.33. The Morgan fingerprint density at radius 3 is 2.69 bits per heavy atom. The van der Waals surface area contributed by atoms with E-state index in [1.165, 1.54) is 25.7 Å². The summed E-state index contributed by atoms with van der Waals surface area (Å²) in [4.78, 5) is 0. The van der Waals surface area contributed by atoms with Gasteiger partial charge in [0.05, 0.1) is 11.8 Å². The van der Waals surface area contributed by atoms with Crippen molar-refractivity contribution in [3.05, 3.63) is 18.0 Å². The van der Waals surface area contributed by atoms with Crippen molar-refractivity contribution in [2.45, 2.75) is 51.6 Å². The Labute approximate surface area is 97.5 Å². The SMILES string of the molecule is CCC1(C(O)Cc2ccn(C)n2)CCCC1. The van der Waals surface area contributed by atoms with Crippen molar-refractivity contribution < 1.29 is 5.11 Å². The average Bonchev–Trinajstić information content (AvgIpc) is 2.88. The lowest BCUT2D eigenvalue weighted by molar-refractivity contribution is 0.0250. The third kappa shape index (κ3) is 2.14. The Kier molecular flexibility index (Phi) is 3.33. The molecule has 0 spiro atoms. The van der Waals surface area contributed by atoms with Crippen molar-refractivity contribution in [2.75, 3.05) is 0 Å². The standard InChI is InChI=1S/C13H22N2O/c1-3-13(7-4-5-8-13)12(16)10-11-6-9-15(2)14-11/h6,9,12,16H,3-5,7-8,10H2,1-2H3. The van der Waals surface area contributed by atoms with E-state index in [0.29, 0.717) is 6.42 Å². The summed E-state index contributed by atoms with van der Waals surface area (Å²) in [5.41, 5.74) is 1.17. The van der Waals surface area contributed by atoms with Crippen LogP contribution in [0.2, 0.25) is 0 Å². The van der Waals surface area contributed by atoms with Crippen molar-refractivity contribution in [3.63, 3.8) is 0 Å². The summed E-state index contributed by atoms with van der Waals surface area (Å²) < 4.78 is 1.80. The van der Waals surface area contributed by atoms with Crippen LogP contribution in [0.4, 0.5) is 0 Å². The van der Waals surface area contributed by atoms with E-state index < -0.39 is 0 Å². The van der Waals surface area contributed by atoms with Crippen LogP contribution in [0.1, 0.15) is 44.7 Å².